The highest BCUT2D eigenvalue weighted by molar-refractivity contribution is 7.99. The van der Waals surface area contributed by atoms with Crippen molar-refractivity contribution in [3.8, 4) is 5.69 Å². The number of rotatable bonds is 2. The minimum absolute atomic E-state index is 0.0610. The van der Waals surface area contributed by atoms with Gasteiger partial charge in [-0.05, 0) is 6.92 Å². The summed E-state index contributed by atoms with van der Waals surface area (Å²) in [6, 6.07) is 2.60. The molecule has 1 saturated heterocycles. The van der Waals surface area contributed by atoms with Gasteiger partial charge in [0.05, 0.1) is 17.6 Å². The topological polar surface area (TPSA) is 34.0 Å². The van der Waals surface area contributed by atoms with Gasteiger partial charge in [0.25, 0.3) is 0 Å². The van der Waals surface area contributed by atoms with Gasteiger partial charge in [-0.2, -0.15) is 11.8 Å². The molecular formula is C13H14F2N4S. The molecule has 0 radical (unpaired) electrons. The van der Waals surface area contributed by atoms with E-state index in [-0.39, 0.29) is 5.69 Å². The van der Waals surface area contributed by atoms with Crippen LogP contribution >= 0.6 is 11.8 Å². The van der Waals surface area contributed by atoms with Crippen molar-refractivity contribution in [1.82, 2.24) is 15.0 Å². The molecule has 1 fully saturated rings. The van der Waals surface area contributed by atoms with Gasteiger partial charge in [-0.25, -0.2) is 13.5 Å². The highest BCUT2D eigenvalue weighted by Gasteiger charge is 2.20. The minimum atomic E-state index is -0.556. The predicted molar refractivity (Wildman–Crippen MR) is 75.6 cm³/mol. The van der Waals surface area contributed by atoms with Gasteiger partial charge in [0.15, 0.2) is 11.6 Å². The zero-order valence-corrected chi connectivity index (χ0v) is 11.8. The Kier molecular flexibility index (Phi) is 3.60. The van der Waals surface area contributed by atoms with Gasteiger partial charge >= 0.3 is 0 Å². The number of halogens is 2. The molecule has 20 heavy (non-hydrogen) atoms. The molecule has 7 heteroatoms. The minimum Gasteiger partial charge on any atom is -0.365 e. The van der Waals surface area contributed by atoms with Crippen molar-refractivity contribution in [2.24, 2.45) is 0 Å². The molecule has 106 valence electrons. The number of anilines is 1. The second-order valence-corrected chi connectivity index (χ2v) is 5.89. The number of benzene rings is 1. The number of hydrogen-bond acceptors (Lipinski definition) is 4. The van der Waals surface area contributed by atoms with E-state index >= 15 is 0 Å². The first-order chi connectivity index (χ1) is 9.65. The van der Waals surface area contributed by atoms with Crippen LogP contribution in [0.15, 0.2) is 18.3 Å². The smallest absolute Gasteiger partial charge is 0.151 e. The van der Waals surface area contributed by atoms with Crippen molar-refractivity contribution in [2.75, 3.05) is 29.5 Å². The third-order valence-corrected chi connectivity index (χ3v) is 4.14. The zero-order valence-electron chi connectivity index (χ0n) is 11.0. The molecular weight excluding hydrogens is 282 g/mol. The van der Waals surface area contributed by atoms with E-state index in [0.717, 1.165) is 11.5 Å². The Hall–Kier alpha value is -1.63. The highest BCUT2D eigenvalue weighted by Crippen LogP contribution is 2.28. The second kappa shape index (κ2) is 5.40. The van der Waals surface area contributed by atoms with E-state index < -0.39 is 11.6 Å². The molecule has 0 aliphatic carbocycles. The van der Waals surface area contributed by atoms with Crippen LogP contribution in [0.5, 0.6) is 0 Å². The summed E-state index contributed by atoms with van der Waals surface area (Å²) in [6.07, 6.45) is 1.63. The first-order valence-electron chi connectivity index (χ1n) is 6.36. The first kappa shape index (κ1) is 13.4. The molecule has 2 heterocycles. The number of hydrogen-bond donors (Lipinski definition) is 0. The van der Waals surface area contributed by atoms with Crippen LogP contribution in [0, 0.1) is 18.6 Å². The molecule has 2 aromatic rings. The molecule has 1 aliphatic rings. The van der Waals surface area contributed by atoms with Crippen molar-refractivity contribution in [1.29, 1.82) is 0 Å². The monoisotopic (exact) mass is 296 g/mol. The Balaban J connectivity index is 1.97. The van der Waals surface area contributed by atoms with Crippen LogP contribution in [0.4, 0.5) is 14.5 Å². The van der Waals surface area contributed by atoms with E-state index in [2.05, 4.69) is 10.3 Å². The van der Waals surface area contributed by atoms with Crippen LogP contribution in [0.1, 0.15) is 5.69 Å². The summed E-state index contributed by atoms with van der Waals surface area (Å²) in [7, 11) is 0. The number of thioether (sulfide) groups is 1. The van der Waals surface area contributed by atoms with Crippen LogP contribution < -0.4 is 4.90 Å². The van der Waals surface area contributed by atoms with Gasteiger partial charge in [0.1, 0.15) is 5.69 Å². The fourth-order valence-electron chi connectivity index (χ4n) is 2.25. The molecule has 0 saturated carbocycles. The van der Waals surface area contributed by atoms with E-state index in [1.165, 1.54) is 16.8 Å². The summed E-state index contributed by atoms with van der Waals surface area (Å²) < 4.78 is 29.8. The Morgan fingerprint density at radius 2 is 1.80 bits per heavy atom. The molecule has 1 aromatic carbocycles. The van der Waals surface area contributed by atoms with Crippen molar-refractivity contribution in [2.45, 2.75) is 6.92 Å². The summed E-state index contributed by atoms with van der Waals surface area (Å²) in [5, 5.41) is 7.65. The summed E-state index contributed by atoms with van der Waals surface area (Å²) in [5.41, 5.74) is 1.10. The van der Waals surface area contributed by atoms with Crippen LogP contribution in [-0.2, 0) is 0 Å². The van der Waals surface area contributed by atoms with E-state index in [0.29, 0.717) is 24.5 Å². The molecule has 4 nitrogen and oxygen atoms in total. The third kappa shape index (κ3) is 2.49. The predicted octanol–water partition coefficient (Wildman–Crippen LogP) is 2.41. The quantitative estimate of drug-likeness (QED) is 0.852. The fourth-order valence-corrected chi connectivity index (χ4v) is 3.15. The number of nitrogens with zero attached hydrogens (tertiary/aromatic N) is 4. The lowest BCUT2D eigenvalue weighted by Crippen LogP contribution is -2.33. The van der Waals surface area contributed by atoms with Gasteiger partial charge < -0.3 is 4.90 Å². The Morgan fingerprint density at radius 3 is 2.35 bits per heavy atom. The molecule has 0 bridgehead atoms. The maximum absolute atomic E-state index is 14.2. The standard InChI is InChI=1S/C13H14F2N4S/c1-9-8-19(17-16-9)10-6-11(14)13(12(15)7-10)18-2-4-20-5-3-18/h6-8H,2-5H2,1H3. The van der Waals surface area contributed by atoms with Gasteiger partial charge in [-0.15, -0.1) is 5.10 Å². The summed E-state index contributed by atoms with van der Waals surface area (Å²) in [5.74, 6) is 0.673. The van der Waals surface area contributed by atoms with Crippen LogP contribution in [0.3, 0.4) is 0 Å². The number of aryl methyl sites for hydroxylation is 1. The average molecular weight is 296 g/mol. The first-order valence-corrected chi connectivity index (χ1v) is 7.51. The van der Waals surface area contributed by atoms with Gasteiger partial charge in [0, 0.05) is 36.7 Å². The molecule has 0 amide bonds. The van der Waals surface area contributed by atoms with Gasteiger partial charge in [-0.3, -0.25) is 0 Å². The van der Waals surface area contributed by atoms with Gasteiger partial charge in [0.2, 0.25) is 0 Å². The maximum atomic E-state index is 14.2. The largest absolute Gasteiger partial charge is 0.365 e. The lowest BCUT2D eigenvalue weighted by molar-refractivity contribution is 0.570. The van der Waals surface area contributed by atoms with Crippen LogP contribution in [0.25, 0.3) is 5.69 Å². The molecule has 0 spiro atoms. The van der Waals surface area contributed by atoms with Crippen molar-refractivity contribution < 1.29 is 8.78 Å². The Labute approximate surface area is 119 Å². The van der Waals surface area contributed by atoms with E-state index in [1.807, 2.05) is 0 Å². The molecule has 1 aromatic heterocycles. The van der Waals surface area contributed by atoms with Crippen molar-refractivity contribution in [3.63, 3.8) is 0 Å². The molecule has 0 N–H and O–H groups in total. The summed E-state index contributed by atoms with van der Waals surface area (Å²) in [6.45, 7) is 3.11. The van der Waals surface area contributed by atoms with Gasteiger partial charge in [-0.1, -0.05) is 5.21 Å². The fraction of sp³-hybridized carbons (Fsp3) is 0.385. The Bertz CT molecular complexity index is 600. The second-order valence-electron chi connectivity index (χ2n) is 4.66. The highest BCUT2D eigenvalue weighted by atomic mass is 32.2. The third-order valence-electron chi connectivity index (χ3n) is 3.20. The van der Waals surface area contributed by atoms with E-state index in [1.54, 1.807) is 29.8 Å². The molecule has 0 atom stereocenters. The lowest BCUT2D eigenvalue weighted by atomic mass is 10.2. The van der Waals surface area contributed by atoms with Crippen LogP contribution in [-0.4, -0.2) is 39.6 Å². The summed E-state index contributed by atoms with van der Waals surface area (Å²) >= 11 is 1.80. The maximum Gasteiger partial charge on any atom is 0.151 e. The van der Waals surface area contributed by atoms with E-state index in [9.17, 15) is 8.78 Å². The SMILES string of the molecule is Cc1cn(-c2cc(F)c(N3CCSCC3)c(F)c2)nn1. The van der Waals surface area contributed by atoms with Crippen molar-refractivity contribution >= 4 is 17.4 Å². The molecule has 3 rings (SSSR count). The summed E-state index contributed by atoms with van der Waals surface area (Å²) in [4.78, 5) is 1.76. The van der Waals surface area contributed by atoms with E-state index in [4.69, 9.17) is 0 Å². The molecule has 1 aliphatic heterocycles. The normalized spacial score (nSPS) is 15.7. The number of aromatic nitrogens is 3. The zero-order chi connectivity index (χ0) is 14.1. The van der Waals surface area contributed by atoms with Crippen LogP contribution in [0.2, 0.25) is 0 Å². The average Bonchev–Trinajstić information content (AvgIpc) is 2.86. The molecule has 0 unspecified atom stereocenters. The lowest BCUT2D eigenvalue weighted by Gasteiger charge is -2.29. The Morgan fingerprint density at radius 1 is 1.15 bits per heavy atom. The van der Waals surface area contributed by atoms with Crippen molar-refractivity contribution in [3.05, 3.63) is 35.7 Å².